The van der Waals surface area contributed by atoms with Gasteiger partial charge in [-0.3, -0.25) is 0 Å². The number of benzene rings is 1. The first-order valence-electron chi connectivity index (χ1n) is 6.24. The van der Waals surface area contributed by atoms with Crippen molar-refractivity contribution in [1.29, 1.82) is 0 Å². The van der Waals surface area contributed by atoms with Gasteiger partial charge in [0.1, 0.15) is 0 Å². The smallest absolute Gasteiger partial charge is 0.0175 e. The summed E-state index contributed by atoms with van der Waals surface area (Å²) in [6.07, 6.45) is 6.78. The lowest BCUT2D eigenvalue weighted by atomic mass is 9.88. The van der Waals surface area contributed by atoms with Gasteiger partial charge in [-0.05, 0) is 43.5 Å². The highest BCUT2D eigenvalue weighted by Gasteiger charge is 2.23. The first-order chi connectivity index (χ1) is 7.81. The maximum atomic E-state index is 3.50. The molecule has 2 atom stereocenters. The Hall–Kier alpha value is -0.340. The van der Waals surface area contributed by atoms with Gasteiger partial charge in [-0.2, -0.15) is 0 Å². The van der Waals surface area contributed by atoms with Gasteiger partial charge in [0.25, 0.3) is 0 Å². The molecule has 0 aliphatic heterocycles. The average Bonchev–Trinajstić information content (AvgIpc) is 2.55. The number of rotatable bonds is 2. The molecule has 1 fully saturated rings. The van der Waals surface area contributed by atoms with E-state index in [0.717, 1.165) is 0 Å². The maximum Gasteiger partial charge on any atom is 0.0175 e. The van der Waals surface area contributed by atoms with E-state index in [0.29, 0.717) is 12.0 Å². The molecule has 1 aliphatic rings. The summed E-state index contributed by atoms with van der Waals surface area (Å²) in [5, 5.41) is 3.50. The summed E-state index contributed by atoms with van der Waals surface area (Å²) in [5.74, 6) is 0.695. The van der Waals surface area contributed by atoms with E-state index in [9.17, 15) is 0 Å². The quantitative estimate of drug-likeness (QED) is 0.806. The van der Waals surface area contributed by atoms with Crippen LogP contribution in [0.4, 0.5) is 0 Å². The largest absolute Gasteiger partial charge is 0.316 e. The van der Waals surface area contributed by atoms with Crippen molar-refractivity contribution in [2.45, 2.75) is 44.1 Å². The molecule has 0 amide bonds. The molecule has 0 radical (unpaired) electrons. The van der Waals surface area contributed by atoms with Gasteiger partial charge in [0.2, 0.25) is 0 Å². The minimum atomic E-state index is 0.656. The molecule has 1 aromatic carbocycles. The first-order valence-corrected chi connectivity index (χ1v) is 7.03. The van der Waals surface area contributed by atoms with Crippen LogP contribution in [0.3, 0.4) is 0 Å². The van der Waals surface area contributed by atoms with Crippen molar-refractivity contribution in [2.75, 3.05) is 7.05 Å². The third-order valence-corrected chi connectivity index (χ3v) is 4.21. The highest BCUT2D eigenvalue weighted by atomic mass is 79.9. The summed E-state index contributed by atoms with van der Waals surface area (Å²) in [7, 11) is 2.10. The van der Waals surface area contributed by atoms with Crippen LogP contribution in [0.5, 0.6) is 0 Å². The summed E-state index contributed by atoms with van der Waals surface area (Å²) in [6, 6.07) is 9.51. The second-order valence-corrected chi connectivity index (χ2v) is 5.61. The van der Waals surface area contributed by atoms with Crippen molar-refractivity contribution >= 4 is 15.9 Å². The third kappa shape index (κ3) is 2.86. The van der Waals surface area contributed by atoms with Crippen LogP contribution in [0.2, 0.25) is 0 Å². The van der Waals surface area contributed by atoms with Crippen LogP contribution in [0.15, 0.2) is 28.7 Å². The van der Waals surface area contributed by atoms with Gasteiger partial charge >= 0.3 is 0 Å². The Morgan fingerprint density at radius 2 is 1.75 bits per heavy atom. The van der Waals surface area contributed by atoms with E-state index in [2.05, 4.69) is 52.6 Å². The van der Waals surface area contributed by atoms with Crippen molar-refractivity contribution in [3.63, 3.8) is 0 Å². The van der Waals surface area contributed by atoms with E-state index < -0.39 is 0 Å². The topological polar surface area (TPSA) is 12.0 Å². The van der Waals surface area contributed by atoms with Crippen LogP contribution >= 0.6 is 15.9 Å². The fourth-order valence-corrected chi connectivity index (χ4v) is 3.03. The van der Waals surface area contributed by atoms with Crippen molar-refractivity contribution in [3.05, 3.63) is 34.3 Å². The fraction of sp³-hybridized carbons (Fsp3) is 0.571. The molecule has 0 saturated heterocycles. The molecule has 0 heterocycles. The number of likely N-dealkylation sites (N-methyl/N-ethyl adjacent to an activating group) is 1. The van der Waals surface area contributed by atoms with Gasteiger partial charge in [0.15, 0.2) is 0 Å². The lowest BCUT2D eigenvalue weighted by Crippen LogP contribution is -2.31. The molecule has 1 aliphatic carbocycles. The SMILES string of the molecule is CNC1CCCCCC1c1ccc(Br)cc1. The predicted octanol–water partition coefficient (Wildman–Crippen LogP) is 4.08. The van der Waals surface area contributed by atoms with Gasteiger partial charge in [-0.15, -0.1) is 0 Å². The van der Waals surface area contributed by atoms with Crippen molar-refractivity contribution in [2.24, 2.45) is 0 Å². The van der Waals surface area contributed by atoms with E-state index in [1.807, 2.05) is 0 Å². The minimum Gasteiger partial charge on any atom is -0.316 e. The molecular formula is C14H20BrN. The molecule has 0 bridgehead atoms. The van der Waals surface area contributed by atoms with E-state index in [4.69, 9.17) is 0 Å². The van der Waals surface area contributed by atoms with E-state index in [-0.39, 0.29) is 0 Å². The van der Waals surface area contributed by atoms with Crippen LogP contribution in [-0.4, -0.2) is 13.1 Å². The standard InChI is InChI=1S/C14H20BrN/c1-16-14-6-4-2-3-5-13(14)11-7-9-12(15)10-8-11/h7-10,13-14,16H,2-6H2,1H3. The molecule has 88 valence electrons. The zero-order valence-electron chi connectivity index (χ0n) is 9.88. The van der Waals surface area contributed by atoms with Gasteiger partial charge < -0.3 is 5.32 Å². The highest BCUT2D eigenvalue weighted by Crippen LogP contribution is 2.32. The van der Waals surface area contributed by atoms with Crippen molar-refractivity contribution in [1.82, 2.24) is 5.32 Å². The monoisotopic (exact) mass is 281 g/mol. The van der Waals surface area contributed by atoms with Crippen molar-refractivity contribution < 1.29 is 0 Å². The zero-order valence-corrected chi connectivity index (χ0v) is 11.5. The summed E-state index contributed by atoms with van der Waals surface area (Å²) < 4.78 is 1.17. The molecule has 2 heteroatoms. The van der Waals surface area contributed by atoms with Crippen LogP contribution in [-0.2, 0) is 0 Å². The van der Waals surface area contributed by atoms with Crippen molar-refractivity contribution in [3.8, 4) is 0 Å². The second kappa shape index (κ2) is 5.83. The lowest BCUT2D eigenvalue weighted by Gasteiger charge is -2.25. The minimum absolute atomic E-state index is 0.656. The third-order valence-electron chi connectivity index (χ3n) is 3.68. The van der Waals surface area contributed by atoms with Crippen LogP contribution in [0.25, 0.3) is 0 Å². The molecule has 1 aromatic rings. The predicted molar refractivity (Wildman–Crippen MR) is 72.8 cm³/mol. The zero-order chi connectivity index (χ0) is 11.4. The summed E-state index contributed by atoms with van der Waals surface area (Å²) in [6.45, 7) is 0. The molecule has 0 aromatic heterocycles. The van der Waals surface area contributed by atoms with E-state index in [1.165, 1.54) is 42.1 Å². The normalized spacial score (nSPS) is 26.4. The van der Waals surface area contributed by atoms with Crippen LogP contribution in [0.1, 0.15) is 43.6 Å². The maximum absolute atomic E-state index is 3.50. The van der Waals surface area contributed by atoms with Crippen LogP contribution in [0, 0.1) is 0 Å². The molecule has 1 saturated carbocycles. The molecule has 2 rings (SSSR count). The Labute approximate surface area is 107 Å². The number of hydrogen-bond donors (Lipinski definition) is 1. The Balaban J connectivity index is 2.18. The molecule has 16 heavy (non-hydrogen) atoms. The molecule has 0 spiro atoms. The van der Waals surface area contributed by atoms with Gasteiger partial charge in [0.05, 0.1) is 0 Å². The first kappa shape index (κ1) is 12.1. The molecule has 1 nitrogen and oxygen atoms in total. The Kier molecular flexibility index (Phi) is 4.42. The average molecular weight is 282 g/mol. The number of nitrogens with one attached hydrogen (secondary N) is 1. The van der Waals surface area contributed by atoms with E-state index in [1.54, 1.807) is 0 Å². The lowest BCUT2D eigenvalue weighted by molar-refractivity contribution is 0.439. The Morgan fingerprint density at radius 3 is 2.44 bits per heavy atom. The number of halogens is 1. The molecule has 2 unspecified atom stereocenters. The Morgan fingerprint density at radius 1 is 1.06 bits per heavy atom. The van der Waals surface area contributed by atoms with Gasteiger partial charge in [0, 0.05) is 10.5 Å². The molecule has 1 N–H and O–H groups in total. The Bertz CT molecular complexity index is 320. The summed E-state index contributed by atoms with van der Waals surface area (Å²) >= 11 is 3.50. The van der Waals surface area contributed by atoms with E-state index >= 15 is 0 Å². The summed E-state index contributed by atoms with van der Waals surface area (Å²) in [5.41, 5.74) is 1.49. The summed E-state index contributed by atoms with van der Waals surface area (Å²) in [4.78, 5) is 0. The van der Waals surface area contributed by atoms with Crippen LogP contribution < -0.4 is 5.32 Å². The van der Waals surface area contributed by atoms with Gasteiger partial charge in [-0.25, -0.2) is 0 Å². The van der Waals surface area contributed by atoms with Gasteiger partial charge in [-0.1, -0.05) is 47.3 Å². The highest BCUT2D eigenvalue weighted by molar-refractivity contribution is 9.10. The number of hydrogen-bond acceptors (Lipinski definition) is 1. The fourth-order valence-electron chi connectivity index (χ4n) is 2.76. The second-order valence-electron chi connectivity index (χ2n) is 4.69. The molecular weight excluding hydrogens is 262 g/mol.